The van der Waals surface area contributed by atoms with Crippen molar-refractivity contribution in [1.82, 2.24) is 24.8 Å². The van der Waals surface area contributed by atoms with Gasteiger partial charge in [0.1, 0.15) is 47.1 Å². The van der Waals surface area contributed by atoms with Gasteiger partial charge in [0.05, 0.1) is 28.7 Å². The van der Waals surface area contributed by atoms with Gasteiger partial charge in [-0.15, -0.1) is 6.42 Å². The van der Waals surface area contributed by atoms with Gasteiger partial charge in [-0.1, -0.05) is 12.0 Å². The molecule has 0 aliphatic carbocycles. The van der Waals surface area contributed by atoms with Gasteiger partial charge in [0.15, 0.2) is 11.6 Å². The molecule has 10 rings (SSSR count). The lowest BCUT2D eigenvalue weighted by atomic mass is 9.92. The summed E-state index contributed by atoms with van der Waals surface area (Å²) in [6, 6.07) is 5.66. The molecule has 4 fully saturated rings. The minimum Gasteiger partial charge on any atom is -0.508 e. The first-order valence-electron chi connectivity index (χ1n) is 19.1. The SMILES string of the molecule is C#Cc1c(F)ccc2cc(O)cc(-c3nc4c5c(nc(OC[C@@]67CCCN6C[C@H](F)C7)nc5c3F)N3C[C@H]5CC[C@@H]([C@H]3CCC4)N5Cc3oc(=O)oc3C)c12. The molecule has 14 heteroatoms. The number of fused-ring (bicyclic) bond motifs is 7. The van der Waals surface area contributed by atoms with Gasteiger partial charge in [-0.05, 0) is 82.0 Å². The number of piperazine rings is 1. The van der Waals surface area contributed by atoms with E-state index in [1.165, 1.54) is 24.3 Å². The van der Waals surface area contributed by atoms with Crippen molar-refractivity contribution in [3.63, 3.8) is 0 Å². The third-order valence-corrected chi connectivity index (χ3v) is 12.8. The number of phenols is 1. The Morgan fingerprint density at radius 3 is 2.76 bits per heavy atom. The molecule has 2 bridgehead atoms. The average Bonchev–Trinajstić information content (AvgIpc) is 3.87. The minimum atomic E-state index is -0.954. The molecular weight excluding hydrogens is 713 g/mol. The van der Waals surface area contributed by atoms with Crippen LogP contribution in [0.3, 0.4) is 0 Å². The zero-order valence-corrected chi connectivity index (χ0v) is 30.3. The molecule has 11 nitrogen and oxygen atoms in total. The second-order valence-electron chi connectivity index (χ2n) is 15.8. The lowest BCUT2D eigenvalue weighted by Gasteiger charge is -2.48. The number of anilines is 1. The Hall–Kier alpha value is -5.13. The average molecular weight is 753 g/mol. The number of alkyl halides is 1. The first kappa shape index (κ1) is 34.4. The maximum Gasteiger partial charge on any atom is 0.519 e. The number of ether oxygens (including phenoxy) is 1. The normalized spacial score (nSPS) is 26.3. The van der Waals surface area contributed by atoms with Gasteiger partial charge in [0, 0.05) is 48.6 Å². The van der Waals surface area contributed by atoms with E-state index in [2.05, 4.69) is 20.6 Å². The lowest BCUT2D eigenvalue weighted by molar-refractivity contribution is 0.106. The number of hydrogen-bond donors (Lipinski definition) is 1. The number of phenolic OH excluding ortho intramolecular Hbond substituents is 1. The fourth-order valence-electron chi connectivity index (χ4n) is 10.4. The van der Waals surface area contributed by atoms with Crippen molar-refractivity contribution in [2.75, 3.05) is 31.1 Å². The number of rotatable bonds is 6. The summed E-state index contributed by atoms with van der Waals surface area (Å²) in [5, 5.41) is 12.0. The lowest BCUT2D eigenvalue weighted by Crippen LogP contribution is -2.60. The highest BCUT2D eigenvalue weighted by molar-refractivity contribution is 6.03. The quantitative estimate of drug-likeness (QED) is 0.200. The largest absolute Gasteiger partial charge is 0.519 e. The number of terminal acetylenes is 1. The van der Waals surface area contributed by atoms with Gasteiger partial charge >= 0.3 is 11.8 Å². The molecule has 2 aromatic carbocycles. The predicted molar refractivity (Wildman–Crippen MR) is 197 cm³/mol. The first-order chi connectivity index (χ1) is 26.6. The Balaban J connectivity index is 1.13. The number of nitrogens with zero attached hydrogens (tertiary/aromatic N) is 6. The van der Waals surface area contributed by atoms with E-state index in [1.807, 2.05) is 0 Å². The van der Waals surface area contributed by atoms with Crippen LogP contribution in [0, 0.1) is 30.9 Å². The smallest absolute Gasteiger partial charge is 0.508 e. The van der Waals surface area contributed by atoms with E-state index in [1.54, 1.807) is 6.92 Å². The molecule has 8 heterocycles. The third-order valence-electron chi connectivity index (χ3n) is 12.8. The van der Waals surface area contributed by atoms with Crippen molar-refractivity contribution in [2.24, 2.45) is 0 Å². The van der Waals surface area contributed by atoms with Crippen LogP contribution in [0.2, 0.25) is 0 Å². The second-order valence-corrected chi connectivity index (χ2v) is 15.8. The fraction of sp³-hybridized carbons (Fsp3) is 0.463. The molecule has 0 radical (unpaired) electrons. The van der Waals surface area contributed by atoms with Crippen LogP contribution in [0.25, 0.3) is 32.9 Å². The molecule has 5 atom stereocenters. The molecule has 5 aromatic rings. The molecule has 0 amide bonds. The zero-order valence-electron chi connectivity index (χ0n) is 30.3. The highest BCUT2D eigenvalue weighted by atomic mass is 19.1. The Labute approximate surface area is 314 Å². The van der Waals surface area contributed by atoms with Crippen molar-refractivity contribution in [3.05, 3.63) is 69.3 Å². The fourth-order valence-corrected chi connectivity index (χ4v) is 10.4. The predicted octanol–water partition coefficient (Wildman–Crippen LogP) is 6.18. The Bertz CT molecular complexity index is 2500. The van der Waals surface area contributed by atoms with Crippen molar-refractivity contribution in [1.29, 1.82) is 0 Å². The van der Waals surface area contributed by atoms with E-state index >= 15 is 8.78 Å². The van der Waals surface area contributed by atoms with E-state index in [0.29, 0.717) is 72.7 Å². The number of aryl methyl sites for hydroxylation is 2. The molecule has 0 unspecified atom stereocenters. The standard InChI is InChI=1S/C41H39F3N6O5/c1-3-26-28(43)10-8-22-14-25(51)15-27(33(22)26)36-35(44)37-34-29(45-36)6-4-7-30-31-11-9-24(49(31)19-32-21(2)54-40(52)55-32)18-50(30)38(34)47-39(46-37)53-20-41-12-5-13-48(41)17-23(42)16-41/h1,8,10,14-15,23-24,30-31,51H,4-7,9,11-13,16-20H2,2H3/t23-,24-,30-,31+,41+/m1/s1. The number of aromatic hydroxyl groups is 1. The molecule has 0 spiro atoms. The zero-order chi connectivity index (χ0) is 37.7. The van der Waals surface area contributed by atoms with Gasteiger partial charge in [-0.25, -0.2) is 22.9 Å². The van der Waals surface area contributed by atoms with Gasteiger partial charge in [-0.3, -0.25) is 9.80 Å². The van der Waals surface area contributed by atoms with Crippen LogP contribution in [0.15, 0.2) is 37.9 Å². The van der Waals surface area contributed by atoms with Crippen molar-refractivity contribution < 1.29 is 31.8 Å². The van der Waals surface area contributed by atoms with Crippen molar-refractivity contribution >= 4 is 27.5 Å². The molecule has 1 N–H and O–H groups in total. The van der Waals surface area contributed by atoms with Crippen LogP contribution in [0.5, 0.6) is 11.8 Å². The molecule has 284 valence electrons. The number of aromatic nitrogens is 3. The van der Waals surface area contributed by atoms with Gasteiger partial charge in [0.25, 0.3) is 0 Å². The molecule has 4 saturated heterocycles. The highest BCUT2D eigenvalue weighted by Crippen LogP contribution is 2.46. The molecule has 5 aliphatic heterocycles. The van der Waals surface area contributed by atoms with E-state index in [4.69, 9.17) is 34.9 Å². The highest BCUT2D eigenvalue weighted by Gasteiger charge is 2.50. The summed E-state index contributed by atoms with van der Waals surface area (Å²) in [5.74, 6) is 1.62. The van der Waals surface area contributed by atoms with E-state index in [0.717, 1.165) is 38.6 Å². The number of halogens is 3. The Kier molecular flexibility index (Phi) is 7.94. The number of hydrogen-bond acceptors (Lipinski definition) is 11. The first-order valence-corrected chi connectivity index (χ1v) is 19.1. The maximum atomic E-state index is 17.5. The van der Waals surface area contributed by atoms with E-state index in [9.17, 15) is 14.3 Å². The van der Waals surface area contributed by atoms with Crippen LogP contribution in [0.4, 0.5) is 19.0 Å². The van der Waals surface area contributed by atoms with Gasteiger partial charge < -0.3 is 23.6 Å². The third kappa shape index (κ3) is 5.41. The van der Waals surface area contributed by atoms with Crippen LogP contribution in [-0.4, -0.2) is 85.9 Å². The molecule has 55 heavy (non-hydrogen) atoms. The molecular formula is C41H39F3N6O5. The maximum absolute atomic E-state index is 17.5. The van der Waals surface area contributed by atoms with Crippen LogP contribution < -0.4 is 15.5 Å². The monoisotopic (exact) mass is 752 g/mol. The molecule has 5 aliphatic rings. The van der Waals surface area contributed by atoms with Gasteiger partial charge in [-0.2, -0.15) is 9.97 Å². The van der Waals surface area contributed by atoms with Crippen molar-refractivity contribution in [3.8, 4) is 35.4 Å². The summed E-state index contributed by atoms with van der Waals surface area (Å²) in [5.41, 5.74) is 0.0551. The molecule has 3 aromatic heterocycles. The second kappa shape index (κ2) is 12.7. The van der Waals surface area contributed by atoms with Crippen LogP contribution in [-0.2, 0) is 13.0 Å². The summed E-state index contributed by atoms with van der Waals surface area (Å²) >= 11 is 0. The summed E-state index contributed by atoms with van der Waals surface area (Å²) in [6.45, 7) is 4.04. The Morgan fingerprint density at radius 2 is 1.95 bits per heavy atom. The minimum absolute atomic E-state index is 0.00283. The van der Waals surface area contributed by atoms with Crippen molar-refractivity contribution in [2.45, 2.75) is 94.7 Å². The topological polar surface area (TPSA) is 121 Å². The number of benzene rings is 2. The summed E-state index contributed by atoms with van der Waals surface area (Å²) in [4.78, 5) is 33.4. The number of pyridine rings is 1. The summed E-state index contributed by atoms with van der Waals surface area (Å²) < 4.78 is 64.3. The Morgan fingerprint density at radius 1 is 1.07 bits per heavy atom. The molecule has 0 saturated carbocycles. The summed E-state index contributed by atoms with van der Waals surface area (Å²) in [6.07, 6.45) is 10.7. The van der Waals surface area contributed by atoms with Gasteiger partial charge in [0.2, 0.25) is 0 Å². The van der Waals surface area contributed by atoms with Crippen LogP contribution in [0.1, 0.15) is 67.7 Å². The van der Waals surface area contributed by atoms with E-state index in [-0.39, 0.29) is 64.2 Å². The summed E-state index contributed by atoms with van der Waals surface area (Å²) in [7, 11) is 0. The van der Waals surface area contributed by atoms with Crippen LogP contribution >= 0.6 is 0 Å². The van der Waals surface area contributed by atoms with E-state index < -0.39 is 29.2 Å².